The number of carbonyl (C=O) groups is 1. The molecular weight excluding hydrogens is 548 g/mol. The van der Waals surface area contributed by atoms with Crippen molar-refractivity contribution in [1.82, 2.24) is 10.2 Å². The van der Waals surface area contributed by atoms with E-state index in [0.717, 1.165) is 11.3 Å². The topological polar surface area (TPSA) is 131 Å². The van der Waals surface area contributed by atoms with Gasteiger partial charge < -0.3 is 8.92 Å². The number of aromatic nitrogens is 2. The molecular formula is C26H19ClN4O5S2. The van der Waals surface area contributed by atoms with Crippen molar-refractivity contribution >= 4 is 50.2 Å². The quantitative estimate of drug-likeness (QED) is 0.168. The number of ether oxygens (including phenoxy) is 1. The van der Waals surface area contributed by atoms with E-state index in [9.17, 15) is 18.5 Å². The fraction of sp³-hybridized carbons (Fsp3) is 0.0769. The lowest BCUT2D eigenvalue weighted by atomic mass is 10.1. The van der Waals surface area contributed by atoms with Crippen LogP contribution in [0.5, 0.6) is 11.5 Å². The van der Waals surface area contributed by atoms with Crippen molar-refractivity contribution in [2.75, 3.05) is 12.4 Å². The summed E-state index contributed by atoms with van der Waals surface area (Å²) in [6.45, 7) is 0. The van der Waals surface area contributed by atoms with Crippen molar-refractivity contribution in [1.29, 1.82) is 5.26 Å². The molecule has 0 radical (unpaired) electrons. The fourth-order valence-corrected chi connectivity index (χ4v) is 5.05. The van der Waals surface area contributed by atoms with Crippen molar-refractivity contribution in [3.63, 3.8) is 0 Å². The van der Waals surface area contributed by atoms with Gasteiger partial charge in [-0.3, -0.25) is 10.1 Å². The Balaban J connectivity index is 1.49. The van der Waals surface area contributed by atoms with Crippen LogP contribution in [0.2, 0.25) is 5.02 Å². The van der Waals surface area contributed by atoms with Gasteiger partial charge in [-0.05, 0) is 54.1 Å². The lowest BCUT2D eigenvalue weighted by Crippen LogP contribution is -2.13. The monoisotopic (exact) mass is 566 g/mol. The molecule has 0 spiro atoms. The molecule has 0 aliphatic heterocycles. The fourth-order valence-electron chi connectivity index (χ4n) is 3.21. The zero-order chi connectivity index (χ0) is 27.1. The molecule has 9 nitrogen and oxygen atoms in total. The number of methoxy groups -OCH3 is 1. The molecule has 12 heteroatoms. The standard InChI is InChI=1S/C26H19ClN4O5S2/c1-35-21-10-6-17(7-11-21)14-24-30-31-26(37-24)29-25(32)19(16-28)15-18-4-2-3-5-23(18)36-38(33,34)22-12-8-20(27)9-13-22/h2-13,15H,14H2,1H3,(H,29,31,32)/b19-15+. The van der Waals surface area contributed by atoms with Crippen LogP contribution in [0.15, 0.2) is 83.3 Å². The normalized spacial score (nSPS) is 11.4. The van der Waals surface area contributed by atoms with E-state index in [1.54, 1.807) is 19.2 Å². The molecule has 4 aromatic rings. The Hall–Kier alpha value is -4.24. The first-order valence-corrected chi connectivity index (χ1v) is 13.6. The number of carbonyl (C=O) groups excluding carboxylic acids is 1. The van der Waals surface area contributed by atoms with Gasteiger partial charge in [-0.1, -0.05) is 53.3 Å². The number of hydrogen-bond donors (Lipinski definition) is 1. The van der Waals surface area contributed by atoms with Gasteiger partial charge in [0.05, 0.1) is 7.11 Å². The minimum atomic E-state index is -4.19. The zero-order valence-corrected chi connectivity index (χ0v) is 22.2. The Kier molecular flexibility index (Phi) is 8.38. The van der Waals surface area contributed by atoms with Crippen molar-refractivity contribution in [2.24, 2.45) is 0 Å². The summed E-state index contributed by atoms with van der Waals surface area (Å²) in [4.78, 5) is 12.7. The van der Waals surface area contributed by atoms with Gasteiger partial charge in [-0.25, -0.2) is 0 Å². The molecule has 3 aromatic carbocycles. The molecule has 4 rings (SSSR count). The van der Waals surface area contributed by atoms with Gasteiger partial charge in [0, 0.05) is 17.0 Å². The van der Waals surface area contributed by atoms with Gasteiger partial charge in [0.25, 0.3) is 5.91 Å². The van der Waals surface area contributed by atoms with Crippen LogP contribution in [0.1, 0.15) is 16.1 Å². The third-order valence-corrected chi connectivity index (χ3v) is 7.43. The van der Waals surface area contributed by atoms with Gasteiger partial charge in [-0.2, -0.15) is 13.7 Å². The molecule has 0 atom stereocenters. The predicted molar refractivity (Wildman–Crippen MR) is 144 cm³/mol. The summed E-state index contributed by atoms with van der Waals surface area (Å²) in [7, 11) is -2.60. The average molecular weight is 567 g/mol. The lowest BCUT2D eigenvalue weighted by molar-refractivity contribution is -0.112. The molecule has 1 aromatic heterocycles. The zero-order valence-electron chi connectivity index (χ0n) is 19.8. The van der Waals surface area contributed by atoms with Gasteiger partial charge in [0.2, 0.25) is 5.13 Å². The van der Waals surface area contributed by atoms with E-state index in [4.69, 9.17) is 20.5 Å². The SMILES string of the molecule is COc1ccc(Cc2nnc(NC(=O)/C(C#N)=C/c3ccccc3OS(=O)(=O)c3ccc(Cl)cc3)s2)cc1. The summed E-state index contributed by atoms with van der Waals surface area (Å²) >= 11 is 7.01. The highest BCUT2D eigenvalue weighted by Crippen LogP contribution is 2.26. The number of amides is 1. The van der Waals surface area contributed by atoms with E-state index in [2.05, 4.69) is 15.5 Å². The van der Waals surface area contributed by atoms with Crippen molar-refractivity contribution in [3.05, 3.63) is 99.5 Å². The van der Waals surface area contributed by atoms with Gasteiger partial charge >= 0.3 is 10.1 Å². The number of nitriles is 1. The van der Waals surface area contributed by atoms with Crippen LogP contribution in [0.4, 0.5) is 5.13 Å². The van der Waals surface area contributed by atoms with Crippen molar-refractivity contribution in [2.45, 2.75) is 11.3 Å². The summed E-state index contributed by atoms with van der Waals surface area (Å²) in [5.41, 5.74) is 0.925. The Morgan fingerprint density at radius 1 is 1.08 bits per heavy atom. The smallest absolute Gasteiger partial charge is 0.339 e. The minimum Gasteiger partial charge on any atom is -0.497 e. The molecule has 1 N–H and O–H groups in total. The molecule has 0 aliphatic rings. The van der Waals surface area contributed by atoms with E-state index in [-0.39, 0.29) is 26.9 Å². The molecule has 0 aliphatic carbocycles. The van der Waals surface area contributed by atoms with Crippen LogP contribution in [0.25, 0.3) is 6.08 Å². The number of nitrogens with one attached hydrogen (secondary N) is 1. The number of hydrogen-bond acceptors (Lipinski definition) is 9. The highest BCUT2D eigenvalue weighted by Gasteiger charge is 2.19. The third-order valence-electron chi connectivity index (χ3n) is 5.09. The van der Waals surface area contributed by atoms with Crippen LogP contribution < -0.4 is 14.2 Å². The molecule has 0 fully saturated rings. The Labute approximate surface area is 228 Å². The molecule has 192 valence electrons. The summed E-state index contributed by atoms with van der Waals surface area (Å²) in [6, 6.07) is 20.9. The van der Waals surface area contributed by atoms with Crippen LogP contribution in [-0.2, 0) is 21.3 Å². The van der Waals surface area contributed by atoms with E-state index < -0.39 is 16.0 Å². The average Bonchev–Trinajstić information content (AvgIpc) is 3.35. The predicted octanol–water partition coefficient (Wildman–Crippen LogP) is 5.10. The number of nitrogens with zero attached hydrogens (tertiary/aromatic N) is 3. The molecule has 0 bridgehead atoms. The largest absolute Gasteiger partial charge is 0.497 e. The Bertz CT molecular complexity index is 1630. The summed E-state index contributed by atoms with van der Waals surface area (Å²) in [5.74, 6) is -0.0416. The first-order chi connectivity index (χ1) is 18.3. The molecule has 0 saturated carbocycles. The first-order valence-electron chi connectivity index (χ1n) is 10.9. The van der Waals surface area contributed by atoms with Crippen molar-refractivity contribution < 1.29 is 22.1 Å². The Morgan fingerprint density at radius 3 is 2.47 bits per heavy atom. The number of anilines is 1. The van der Waals surface area contributed by atoms with E-state index in [1.807, 2.05) is 30.3 Å². The van der Waals surface area contributed by atoms with Gasteiger partial charge in [-0.15, -0.1) is 10.2 Å². The van der Waals surface area contributed by atoms with Gasteiger partial charge in [0.1, 0.15) is 33.0 Å². The molecule has 1 heterocycles. The van der Waals surface area contributed by atoms with E-state index in [1.165, 1.54) is 53.8 Å². The summed E-state index contributed by atoms with van der Waals surface area (Å²) < 4.78 is 35.9. The second-order valence-electron chi connectivity index (χ2n) is 7.68. The number of rotatable bonds is 9. The van der Waals surface area contributed by atoms with Gasteiger partial charge in [0.15, 0.2) is 0 Å². The van der Waals surface area contributed by atoms with Crippen LogP contribution in [0.3, 0.4) is 0 Å². The lowest BCUT2D eigenvalue weighted by Gasteiger charge is -2.10. The first kappa shape index (κ1) is 26.8. The summed E-state index contributed by atoms with van der Waals surface area (Å²) in [6.07, 6.45) is 1.74. The van der Waals surface area contributed by atoms with Crippen LogP contribution >= 0.6 is 22.9 Å². The maximum atomic E-state index is 12.8. The van der Waals surface area contributed by atoms with E-state index >= 15 is 0 Å². The highest BCUT2D eigenvalue weighted by atomic mass is 35.5. The van der Waals surface area contributed by atoms with Crippen LogP contribution in [0, 0.1) is 11.3 Å². The highest BCUT2D eigenvalue weighted by molar-refractivity contribution is 7.87. The second kappa shape index (κ2) is 11.9. The number of benzene rings is 3. The Morgan fingerprint density at radius 2 is 1.79 bits per heavy atom. The van der Waals surface area contributed by atoms with Crippen molar-refractivity contribution in [3.8, 4) is 17.6 Å². The second-order valence-corrected chi connectivity index (χ2v) is 10.7. The minimum absolute atomic E-state index is 0.0549. The molecule has 1 amide bonds. The molecule has 0 saturated heterocycles. The third kappa shape index (κ3) is 6.74. The van der Waals surface area contributed by atoms with E-state index in [0.29, 0.717) is 16.5 Å². The summed E-state index contributed by atoms with van der Waals surface area (Å²) in [5, 5.41) is 21.5. The molecule has 0 unspecified atom stereocenters. The maximum absolute atomic E-state index is 12.8. The van der Waals surface area contributed by atoms with Crippen LogP contribution in [-0.4, -0.2) is 31.6 Å². The number of para-hydroxylation sites is 1. The maximum Gasteiger partial charge on any atom is 0.339 e. The molecule has 38 heavy (non-hydrogen) atoms. The number of halogens is 1.